The molecule has 1 aromatic carbocycles. The van der Waals surface area contributed by atoms with Crippen molar-refractivity contribution in [2.75, 3.05) is 12.4 Å². The monoisotopic (exact) mass is 331 g/mol. The van der Waals surface area contributed by atoms with E-state index in [0.29, 0.717) is 5.95 Å². The first-order chi connectivity index (χ1) is 12.2. The number of aryl methyl sites for hydroxylation is 1. The number of fused-ring (bicyclic) bond motifs is 2. The summed E-state index contributed by atoms with van der Waals surface area (Å²) in [7, 11) is 3.82. The molecule has 0 amide bonds. The van der Waals surface area contributed by atoms with E-state index in [1.54, 1.807) is 10.9 Å². The predicted molar refractivity (Wildman–Crippen MR) is 92.8 cm³/mol. The molecule has 25 heavy (non-hydrogen) atoms. The molecule has 0 saturated carbocycles. The molecule has 0 fully saturated rings. The van der Waals surface area contributed by atoms with Crippen LogP contribution in [0.25, 0.3) is 16.6 Å². The van der Waals surface area contributed by atoms with Gasteiger partial charge in [0.1, 0.15) is 0 Å². The third kappa shape index (κ3) is 2.18. The summed E-state index contributed by atoms with van der Waals surface area (Å²) < 4.78 is 5.43. The maximum Gasteiger partial charge on any atom is 0.263 e. The standard InChI is InChI=1S/C17H15N8/c1-23-10-12(8-19-23)20-17-18-9-16-13(5-6-25(16)22-17)11-3-4-14-15(7-11)24(2)21-14/h3-10H,1-2H3,(H,18,20,22)/q+1. The maximum absolute atomic E-state index is 4.52. The van der Waals surface area contributed by atoms with Crippen LogP contribution in [0.4, 0.5) is 23.0 Å². The highest BCUT2D eigenvalue weighted by atomic mass is 15.3. The Kier molecular flexibility index (Phi) is 2.75. The number of azo groups is 2. The van der Waals surface area contributed by atoms with Crippen LogP contribution in [0.5, 0.6) is 0 Å². The summed E-state index contributed by atoms with van der Waals surface area (Å²) in [5.74, 6) is 0.526. The number of aromatic nitrogens is 5. The fourth-order valence-corrected chi connectivity index (χ4v) is 3.02. The van der Waals surface area contributed by atoms with Crippen LogP contribution < -0.4 is 5.32 Å². The van der Waals surface area contributed by atoms with Gasteiger partial charge >= 0.3 is 0 Å². The van der Waals surface area contributed by atoms with Gasteiger partial charge in [0.05, 0.1) is 23.6 Å². The number of hydrogen-bond acceptors (Lipinski definition) is 5. The Labute approximate surface area is 143 Å². The van der Waals surface area contributed by atoms with Crippen molar-refractivity contribution in [2.45, 2.75) is 0 Å². The molecule has 8 heteroatoms. The summed E-state index contributed by atoms with van der Waals surface area (Å²) in [4.78, 5) is 4.43. The van der Waals surface area contributed by atoms with E-state index in [-0.39, 0.29) is 0 Å². The van der Waals surface area contributed by atoms with Gasteiger partial charge < -0.3 is 5.32 Å². The molecule has 8 nitrogen and oxygen atoms in total. The van der Waals surface area contributed by atoms with Crippen LogP contribution in [0, 0.1) is 0 Å². The topological polar surface area (TPSA) is 75.4 Å². The number of nitrogens with one attached hydrogen (secondary N) is 1. The molecule has 0 bridgehead atoms. The van der Waals surface area contributed by atoms with E-state index < -0.39 is 0 Å². The Bertz CT molecular complexity index is 1150. The molecule has 4 heterocycles. The Morgan fingerprint density at radius 1 is 1.16 bits per heavy atom. The van der Waals surface area contributed by atoms with Crippen molar-refractivity contribution >= 4 is 28.5 Å². The Morgan fingerprint density at radius 2 is 2.08 bits per heavy atom. The second-order valence-electron chi connectivity index (χ2n) is 6.00. The van der Waals surface area contributed by atoms with Crippen LogP contribution in [-0.2, 0) is 7.05 Å². The van der Waals surface area contributed by atoms with Gasteiger partial charge in [-0.05, 0) is 17.7 Å². The van der Waals surface area contributed by atoms with Gasteiger partial charge in [0.15, 0.2) is 7.05 Å². The Balaban J connectivity index is 1.51. The zero-order valence-electron chi connectivity index (χ0n) is 13.7. The number of nitrogens with zero attached hydrogens (tertiary/aromatic N) is 7. The molecule has 5 rings (SSSR count). The number of hydrogen-bond donors (Lipinski definition) is 1. The van der Waals surface area contributed by atoms with Crippen LogP contribution in [0.2, 0.25) is 0 Å². The molecule has 0 atom stereocenters. The van der Waals surface area contributed by atoms with Gasteiger partial charge in [0.2, 0.25) is 11.6 Å². The van der Waals surface area contributed by atoms with Crippen LogP contribution in [0.1, 0.15) is 0 Å². The van der Waals surface area contributed by atoms with Crippen molar-refractivity contribution in [3.05, 3.63) is 49.1 Å². The first-order valence-electron chi connectivity index (χ1n) is 7.87. The molecule has 0 saturated heterocycles. The average molecular weight is 331 g/mol. The molecule has 0 aliphatic carbocycles. The van der Waals surface area contributed by atoms with E-state index in [1.807, 2.05) is 48.0 Å². The van der Waals surface area contributed by atoms with Crippen molar-refractivity contribution in [1.82, 2.24) is 24.4 Å². The molecule has 0 spiro atoms. The minimum absolute atomic E-state index is 0.526. The van der Waals surface area contributed by atoms with Crippen LogP contribution >= 0.6 is 0 Å². The largest absolute Gasteiger partial charge is 0.320 e. The minimum Gasteiger partial charge on any atom is -0.320 e. The fraction of sp³-hybridized carbons (Fsp3) is 0.118. The quantitative estimate of drug-likeness (QED) is 0.585. The van der Waals surface area contributed by atoms with Gasteiger partial charge in [0, 0.05) is 36.2 Å². The lowest BCUT2D eigenvalue weighted by atomic mass is 10.1. The summed E-state index contributed by atoms with van der Waals surface area (Å²) in [5.41, 5.74) is 6.18. The first kappa shape index (κ1) is 13.8. The average Bonchev–Trinajstić information content (AvgIpc) is 3.20. The predicted octanol–water partition coefficient (Wildman–Crippen LogP) is 3.24. The van der Waals surface area contributed by atoms with Crippen LogP contribution in [-0.4, -0.2) is 36.1 Å². The van der Waals surface area contributed by atoms with Crippen molar-refractivity contribution in [3.8, 4) is 11.1 Å². The summed E-state index contributed by atoms with van der Waals surface area (Å²) in [6.07, 6.45) is 7.37. The van der Waals surface area contributed by atoms with Crippen molar-refractivity contribution < 1.29 is 4.70 Å². The number of benzene rings is 1. The number of anilines is 2. The molecular formula is C17H15N8+. The van der Waals surface area contributed by atoms with Gasteiger partial charge in [-0.3, -0.25) is 4.68 Å². The summed E-state index contributed by atoms with van der Waals surface area (Å²) in [6.45, 7) is 0. The molecule has 4 aromatic rings. The van der Waals surface area contributed by atoms with E-state index in [0.717, 1.165) is 33.7 Å². The molecule has 0 radical (unpaired) electrons. The highest BCUT2D eigenvalue weighted by molar-refractivity contribution is 5.83. The highest BCUT2D eigenvalue weighted by Gasteiger charge is 2.25. The normalized spacial score (nSPS) is 12.6. The van der Waals surface area contributed by atoms with E-state index in [2.05, 4.69) is 43.8 Å². The highest BCUT2D eigenvalue weighted by Crippen LogP contribution is 2.39. The molecule has 122 valence electrons. The minimum atomic E-state index is 0.526. The zero-order valence-corrected chi connectivity index (χ0v) is 13.7. The summed E-state index contributed by atoms with van der Waals surface area (Å²) in [5, 5.41) is 16.1. The molecule has 3 aromatic heterocycles. The van der Waals surface area contributed by atoms with Gasteiger partial charge in [-0.2, -0.15) is 5.10 Å². The lowest BCUT2D eigenvalue weighted by molar-refractivity contribution is -0.494. The third-order valence-corrected chi connectivity index (χ3v) is 4.27. The molecule has 1 N–H and O–H groups in total. The van der Waals surface area contributed by atoms with E-state index in [9.17, 15) is 0 Å². The molecular weight excluding hydrogens is 316 g/mol. The first-order valence-corrected chi connectivity index (χ1v) is 7.87. The summed E-state index contributed by atoms with van der Waals surface area (Å²) in [6, 6.07) is 8.30. The van der Waals surface area contributed by atoms with Crippen LogP contribution in [0.3, 0.4) is 0 Å². The molecule has 1 aliphatic rings. The van der Waals surface area contributed by atoms with Gasteiger partial charge in [-0.15, -0.1) is 5.10 Å². The van der Waals surface area contributed by atoms with Gasteiger partial charge in [-0.25, -0.2) is 9.50 Å². The number of rotatable bonds is 3. The molecule has 0 unspecified atom stereocenters. The van der Waals surface area contributed by atoms with Gasteiger partial charge in [0.25, 0.3) is 5.69 Å². The maximum atomic E-state index is 4.52. The van der Waals surface area contributed by atoms with Crippen molar-refractivity contribution in [2.24, 2.45) is 12.2 Å². The van der Waals surface area contributed by atoms with Crippen molar-refractivity contribution in [1.29, 1.82) is 0 Å². The Hall–Kier alpha value is -3.55. The molecule has 1 aliphatic heterocycles. The van der Waals surface area contributed by atoms with Crippen molar-refractivity contribution in [3.63, 3.8) is 0 Å². The van der Waals surface area contributed by atoms with E-state index in [4.69, 9.17) is 0 Å². The Morgan fingerprint density at radius 3 is 2.88 bits per heavy atom. The third-order valence-electron chi connectivity index (χ3n) is 4.27. The van der Waals surface area contributed by atoms with E-state index in [1.165, 1.54) is 0 Å². The zero-order chi connectivity index (χ0) is 17.0. The lowest BCUT2D eigenvalue weighted by Gasteiger charge is -2.08. The van der Waals surface area contributed by atoms with E-state index >= 15 is 0 Å². The second kappa shape index (κ2) is 4.97. The van der Waals surface area contributed by atoms with Crippen LogP contribution in [0.15, 0.2) is 54.2 Å². The van der Waals surface area contributed by atoms with Gasteiger partial charge in [-0.1, -0.05) is 10.8 Å². The second-order valence-corrected chi connectivity index (χ2v) is 6.00. The fourth-order valence-electron chi connectivity index (χ4n) is 3.02. The SMILES string of the molecule is Cn1cc(Nc2ncc3c(-c4ccc5c(c4)[N+](C)=N5)ccn3n2)cn1. The lowest BCUT2D eigenvalue weighted by Crippen LogP contribution is -2.02. The smallest absolute Gasteiger partial charge is 0.263 e. The summed E-state index contributed by atoms with van der Waals surface area (Å²) >= 11 is 0.